The lowest BCUT2D eigenvalue weighted by molar-refractivity contribution is 0.102. The van der Waals surface area contributed by atoms with Crippen LogP contribution in [0.1, 0.15) is 10.4 Å². The molecule has 0 aliphatic carbocycles. The van der Waals surface area contributed by atoms with E-state index in [1.165, 1.54) is 36.5 Å². The molecule has 1 amide bonds. The van der Waals surface area contributed by atoms with Crippen LogP contribution in [0.25, 0.3) is 0 Å². The van der Waals surface area contributed by atoms with E-state index in [4.69, 9.17) is 0 Å². The number of aromatic nitrogens is 2. The molecule has 0 saturated heterocycles. The predicted octanol–water partition coefficient (Wildman–Crippen LogP) is 1.80. The summed E-state index contributed by atoms with van der Waals surface area (Å²) in [4.78, 5) is 12.1. The highest BCUT2D eigenvalue weighted by atomic mass is 32.2. The summed E-state index contributed by atoms with van der Waals surface area (Å²) < 4.78 is 48.1. The minimum Gasteiger partial charge on any atom is -0.305 e. The molecule has 1 N–H and O–H groups in total. The van der Waals surface area contributed by atoms with Crippen LogP contribution in [-0.4, -0.2) is 36.8 Å². The third kappa shape index (κ3) is 4.10. The van der Waals surface area contributed by atoms with E-state index in [1.54, 1.807) is 0 Å². The van der Waals surface area contributed by atoms with Crippen molar-refractivity contribution in [2.45, 2.75) is 17.9 Å². The van der Waals surface area contributed by atoms with Gasteiger partial charge in [0.1, 0.15) is 6.54 Å². The fourth-order valence-electron chi connectivity index (χ4n) is 1.71. The Morgan fingerprint density at radius 2 is 1.91 bits per heavy atom. The van der Waals surface area contributed by atoms with Crippen LogP contribution in [0.5, 0.6) is 0 Å². The first-order valence-electron chi connectivity index (χ1n) is 6.19. The summed E-state index contributed by atoms with van der Waals surface area (Å²) in [5.74, 6) is -0.375. The minimum atomic E-state index is -3.33. The van der Waals surface area contributed by atoms with Crippen LogP contribution in [-0.2, 0) is 16.4 Å². The number of anilines is 1. The van der Waals surface area contributed by atoms with Gasteiger partial charge >= 0.3 is 0 Å². The molecule has 1 aromatic heterocycles. The van der Waals surface area contributed by atoms with E-state index in [1.807, 2.05) is 0 Å². The number of carbonyl (C=O) groups excluding carboxylic acids is 1. The summed E-state index contributed by atoms with van der Waals surface area (Å²) in [6.07, 6.45) is -0.140. The molecule has 0 aliphatic rings. The maximum Gasteiger partial charge on any atom is 0.257 e. The molecule has 0 saturated carbocycles. The Hall–Kier alpha value is -2.29. The highest BCUT2D eigenvalue weighted by Gasteiger charge is 2.12. The molecule has 0 bridgehead atoms. The molecule has 1 aromatic carbocycles. The Bertz CT molecular complexity index is 770. The Balaban J connectivity index is 2.07. The Morgan fingerprint density at radius 1 is 1.27 bits per heavy atom. The lowest BCUT2D eigenvalue weighted by atomic mass is 10.2. The average molecular weight is 329 g/mol. The Labute approximate surface area is 125 Å². The maximum atomic E-state index is 12.2. The molecule has 6 nitrogen and oxygen atoms in total. The zero-order chi connectivity index (χ0) is 16.3. The summed E-state index contributed by atoms with van der Waals surface area (Å²) in [6, 6.07) is 6.76. The predicted molar refractivity (Wildman–Crippen MR) is 75.7 cm³/mol. The number of alkyl halides is 2. The van der Waals surface area contributed by atoms with Gasteiger partial charge in [0.2, 0.25) is 0 Å². The van der Waals surface area contributed by atoms with Crippen LogP contribution in [0, 0.1) is 0 Å². The van der Waals surface area contributed by atoms with E-state index < -0.39 is 28.7 Å². The number of benzene rings is 1. The summed E-state index contributed by atoms with van der Waals surface area (Å²) in [5, 5.41) is 6.23. The van der Waals surface area contributed by atoms with E-state index in [0.717, 1.165) is 10.9 Å². The third-order valence-electron chi connectivity index (χ3n) is 2.75. The number of amides is 1. The van der Waals surface area contributed by atoms with Gasteiger partial charge in [-0.05, 0) is 24.3 Å². The molecule has 0 radical (unpaired) electrons. The maximum absolute atomic E-state index is 12.2. The molecule has 118 valence electrons. The van der Waals surface area contributed by atoms with Crippen molar-refractivity contribution in [3.05, 3.63) is 42.1 Å². The third-order valence-corrected chi connectivity index (χ3v) is 3.88. The molecule has 22 heavy (non-hydrogen) atoms. The molecule has 2 rings (SSSR count). The van der Waals surface area contributed by atoms with Crippen LogP contribution in [0.4, 0.5) is 14.6 Å². The first kappa shape index (κ1) is 16.1. The quantitative estimate of drug-likeness (QED) is 0.907. The van der Waals surface area contributed by atoms with E-state index in [9.17, 15) is 22.0 Å². The number of nitrogens with one attached hydrogen (secondary N) is 1. The van der Waals surface area contributed by atoms with Gasteiger partial charge in [-0.3, -0.25) is 9.48 Å². The number of carbonyl (C=O) groups is 1. The van der Waals surface area contributed by atoms with Crippen LogP contribution in [0.3, 0.4) is 0 Å². The number of hydrogen-bond acceptors (Lipinski definition) is 4. The molecule has 0 aliphatic heterocycles. The van der Waals surface area contributed by atoms with Crippen molar-refractivity contribution >= 4 is 21.6 Å². The lowest BCUT2D eigenvalue weighted by Gasteiger charge is -2.04. The van der Waals surface area contributed by atoms with Crippen LogP contribution in [0.15, 0.2) is 41.4 Å². The number of sulfone groups is 1. The van der Waals surface area contributed by atoms with E-state index >= 15 is 0 Å². The van der Waals surface area contributed by atoms with Gasteiger partial charge in [0, 0.05) is 24.1 Å². The van der Waals surface area contributed by atoms with Crippen molar-refractivity contribution in [2.24, 2.45) is 0 Å². The molecule has 0 fully saturated rings. The van der Waals surface area contributed by atoms with Gasteiger partial charge in [0.15, 0.2) is 15.7 Å². The van der Waals surface area contributed by atoms with Crippen molar-refractivity contribution < 1.29 is 22.0 Å². The smallest absolute Gasteiger partial charge is 0.257 e. The van der Waals surface area contributed by atoms with Crippen LogP contribution in [0.2, 0.25) is 0 Å². The van der Waals surface area contributed by atoms with Gasteiger partial charge in [-0.2, -0.15) is 5.10 Å². The fourth-order valence-corrected chi connectivity index (χ4v) is 2.34. The zero-order valence-corrected chi connectivity index (χ0v) is 12.3. The summed E-state index contributed by atoms with van der Waals surface area (Å²) in [6.45, 7) is -0.557. The van der Waals surface area contributed by atoms with Gasteiger partial charge < -0.3 is 5.32 Å². The van der Waals surface area contributed by atoms with E-state index in [0.29, 0.717) is 0 Å². The highest BCUT2D eigenvalue weighted by Crippen LogP contribution is 2.12. The van der Waals surface area contributed by atoms with E-state index in [-0.39, 0.29) is 16.3 Å². The number of hydrogen-bond donors (Lipinski definition) is 1. The molecular weight excluding hydrogens is 316 g/mol. The highest BCUT2D eigenvalue weighted by molar-refractivity contribution is 7.90. The molecule has 9 heteroatoms. The molecular formula is C13H13F2N3O3S. The van der Waals surface area contributed by atoms with Gasteiger partial charge in [-0.25, -0.2) is 17.2 Å². The van der Waals surface area contributed by atoms with Crippen molar-refractivity contribution in [3.63, 3.8) is 0 Å². The van der Waals surface area contributed by atoms with Gasteiger partial charge in [-0.1, -0.05) is 0 Å². The monoisotopic (exact) mass is 329 g/mol. The largest absolute Gasteiger partial charge is 0.305 e. The standard InChI is InChI=1S/C13H13F2N3O3S/c1-22(20,21)10-4-2-9(3-5-10)13(19)16-12-6-7-18(17-12)8-11(14)15/h2-7,11H,8H2,1H3,(H,16,17,19). The summed E-state index contributed by atoms with van der Waals surface area (Å²) in [7, 11) is -3.33. The van der Waals surface area contributed by atoms with Crippen molar-refractivity contribution in [1.82, 2.24) is 9.78 Å². The minimum absolute atomic E-state index is 0.102. The van der Waals surface area contributed by atoms with Gasteiger partial charge in [-0.15, -0.1) is 0 Å². The summed E-state index contributed by atoms with van der Waals surface area (Å²) >= 11 is 0. The number of nitrogens with zero attached hydrogens (tertiary/aromatic N) is 2. The first-order valence-corrected chi connectivity index (χ1v) is 8.08. The topological polar surface area (TPSA) is 81.1 Å². The Morgan fingerprint density at radius 3 is 2.45 bits per heavy atom. The SMILES string of the molecule is CS(=O)(=O)c1ccc(C(=O)Nc2ccn(CC(F)F)n2)cc1. The van der Waals surface area contributed by atoms with Crippen LogP contribution < -0.4 is 5.32 Å². The normalized spacial score (nSPS) is 11.6. The molecule has 0 atom stereocenters. The van der Waals surface area contributed by atoms with Crippen molar-refractivity contribution in [2.75, 3.05) is 11.6 Å². The molecule has 1 heterocycles. The molecule has 0 spiro atoms. The number of halogens is 2. The lowest BCUT2D eigenvalue weighted by Crippen LogP contribution is -2.13. The van der Waals surface area contributed by atoms with Crippen molar-refractivity contribution in [1.29, 1.82) is 0 Å². The average Bonchev–Trinajstić information content (AvgIpc) is 2.84. The van der Waals surface area contributed by atoms with Crippen LogP contribution >= 0.6 is 0 Å². The van der Waals surface area contributed by atoms with Gasteiger partial charge in [0.05, 0.1) is 4.90 Å². The fraction of sp³-hybridized carbons (Fsp3) is 0.231. The Kier molecular flexibility index (Phi) is 4.55. The summed E-state index contributed by atoms with van der Waals surface area (Å²) in [5.41, 5.74) is 0.232. The zero-order valence-electron chi connectivity index (χ0n) is 11.5. The second-order valence-electron chi connectivity index (χ2n) is 4.56. The first-order chi connectivity index (χ1) is 10.3. The molecule has 0 unspecified atom stereocenters. The second kappa shape index (κ2) is 6.22. The van der Waals surface area contributed by atoms with E-state index in [2.05, 4.69) is 10.4 Å². The van der Waals surface area contributed by atoms with Crippen molar-refractivity contribution in [3.8, 4) is 0 Å². The molecule has 2 aromatic rings. The van der Waals surface area contributed by atoms with Gasteiger partial charge in [0.25, 0.3) is 12.3 Å². The second-order valence-corrected chi connectivity index (χ2v) is 6.58. The number of rotatable bonds is 5.